The van der Waals surface area contributed by atoms with E-state index >= 15 is 0 Å². The van der Waals surface area contributed by atoms with Gasteiger partial charge in [-0.1, -0.05) is 26.2 Å². The van der Waals surface area contributed by atoms with Gasteiger partial charge in [-0.25, -0.2) is 0 Å². The van der Waals surface area contributed by atoms with Crippen LogP contribution in [0.5, 0.6) is 0 Å². The third-order valence-corrected chi connectivity index (χ3v) is 3.68. The van der Waals surface area contributed by atoms with E-state index in [0.29, 0.717) is 5.92 Å². The maximum absolute atomic E-state index is 11.6. The summed E-state index contributed by atoms with van der Waals surface area (Å²) in [5.74, 6) is 0.234. The van der Waals surface area contributed by atoms with Crippen LogP contribution in [-0.4, -0.2) is 18.0 Å². The Kier molecular flexibility index (Phi) is 4.58. The van der Waals surface area contributed by atoms with E-state index in [4.69, 9.17) is 5.73 Å². The highest BCUT2D eigenvalue weighted by atomic mass is 16.1. The molecule has 1 saturated carbocycles. The largest absolute Gasteiger partial charge is 0.368 e. The predicted molar refractivity (Wildman–Crippen MR) is 62.5 cm³/mol. The van der Waals surface area contributed by atoms with Crippen molar-refractivity contribution in [3.63, 3.8) is 0 Å². The van der Waals surface area contributed by atoms with Gasteiger partial charge in [-0.15, -0.1) is 0 Å². The van der Waals surface area contributed by atoms with Gasteiger partial charge in [0.05, 0.1) is 5.54 Å². The van der Waals surface area contributed by atoms with Crippen LogP contribution >= 0.6 is 0 Å². The molecular weight excluding hydrogens is 188 g/mol. The number of hydrogen-bond acceptors (Lipinski definition) is 2. The van der Waals surface area contributed by atoms with Gasteiger partial charge in [0.1, 0.15) is 0 Å². The van der Waals surface area contributed by atoms with Crippen LogP contribution in [0.2, 0.25) is 0 Å². The third kappa shape index (κ3) is 2.94. The third-order valence-electron chi connectivity index (χ3n) is 3.68. The quantitative estimate of drug-likeness (QED) is 0.730. The van der Waals surface area contributed by atoms with Gasteiger partial charge in [0.15, 0.2) is 0 Å². The van der Waals surface area contributed by atoms with Gasteiger partial charge in [-0.05, 0) is 38.6 Å². The summed E-state index contributed by atoms with van der Waals surface area (Å²) in [6.45, 7) is 4.95. The van der Waals surface area contributed by atoms with Crippen molar-refractivity contribution in [2.75, 3.05) is 6.54 Å². The lowest BCUT2D eigenvalue weighted by Crippen LogP contribution is -2.58. The molecule has 0 saturated heterocycles. The first-order chi connectivity index (χ1) is 7.11. The Morgan fingerprint density at radius 2 is 2.00 bits per heavy atom. The highest BCUT2D eigenvalue weighted by Crippen LogP contribution is 2.32. The van der Waals surface area contributed by atoms with E-state index in [9.17, 15) is 4.79 Å². The van der Waals surface area contributed by atoms with E-state index in [1.165, 1.54) is 19.3 Å². The van der Waals surface area contributed by atoms with E-state index < -0.39 is 5.54 Å². The average molecular weight is 212 g/mol. The van der Waals surface area contributed by atoms with E-state index in [1.54, 1.807) is 0 Å². The van der Waals surface area contributed by atoms with Crippen molar-refractivity contribution < 1.29 is 4.79 Å². The fraction of sp³-hybridized carbons (Fsp3) is 0.917. The molecule has 1 amide bonds. The SMILES string of the molecule is CCCNC(C)(C(N)=O)C1CCCCC1. The molecule has 1 rings (SSSR count). The zero-order chi connectivity index (χ0) is 11.3. The van der Waals surface area contributed by atoms with E-state index in [0.717, 1.165) is 25.8 Å². The zero-order valence-electron chi connectivity index (χ0n) is 10.0. The fourth-order valence-electron chi connectivity index (χ4n) is 2.50. The van der Waals surface area contributed by atoms with Crippen molar-refractivity contribution in [3.8, 4) is 0 Å². The van der Waals surface area contributed by atoms with E-state index in [1.807, 2.05) is 6.92 Å². The van der Waals surface area contributed by atoms with Gasteiger partial charge in [-0.3, -0.25) is 4.79 Å². The molecule has 0 heterocycles. The minimum Gasteiger partial charge on any atom is -0.368 e. The first kappa shape index (κ1) is 12.5. The fourth-order valence-corrected chi connectivity index (χ4v) is 2.50. The number of hydrogen-bond donors (Lipinski definition) is 2. The van der Waals surface area contributed by atoms with Crippen LogP contribution in [0.4, 0.5) is 0 Å². The van der Waals surface area contributed by atoms with Crippen LogP contribution < -0.4 is 11.1 Å². The number of carbonyl (C=O) groups excluding carboxylic acids is 1. The monoisotopic (exact) mass is 212 g/mol. The number of primary amides is 1. The summed E-state index contributed by atoms with van der Waals surface area (Å²) in [7, 11) is 0. The van der Waals surface area contributed by atoms with Crippen LogP contribution in [0.25, 0.3) is 0 Å². The lowest BCUT2D eigenvalue weighted by atomic mass is 9.75. The molecule has 1 atom stereocenters. The van der Waals surface area contributed by atoms with Gasteiger partial charge in [-0.2, -0.15) is 0 Å². The molecule has 3 heteroatoms. The number of amides is 1. The zero-order valence-corrected chi connectivity index (χ0v) is 10.0. The van der Waals surface area contributed by atoms with E-state index in [-0.39, 0.29) is 5.91 Å². The molecule has 1 aliphatic rings. The molecule has 15 heavy (non-hydrogen) atoms. The molecule has 1 fully saturated rings. The molecule has 1 unspecified atom stereocenters. The highest BCUT2D eigenvalue weighted by Gasteiger charge is 2.39. The van der Waals surface area contributed by atoms with Crippen LogP contribution in [0.1, 0.15) is 52.4 Å². The Bertz CT molecular complexity index is 212. The van der Waals surface area contributed by atoms with Crippen LogP contribution in [0.3, 0.4) is 0 Å². The summed E-state index contributed by atoms with van der Waals surface area (Å²) in [6.07, 6.45) is 7.09. The maximum atomic E-state index is 11.6. The van der Waals surface area contributed by atoms with Gasteiger partial charge >= 0.3 is 0 Å². The molecule has 0 spiro atoms. The Balaban J connectivity index is 2.65. The number of rotatable bonds is 5. The molecular formula is C12H24N2O. The minimum atomic E-state index is -0.490. The first-order valence-electron chi connectivity index (χ1n) is 6.16. The second-order valence-electron chi connectivity index (χ2n) is 4.83. The summed E-state index contributed by atoms with van der Waals surface area (Å²) in [4.78, 5) is 11.6. The summed E-state index contributed by atoms with van der Waals surface area (Å²) in [5, 5.41) is 3.34. The van der Waals surface area contributed by atoms with Gasteiger partial charge in [0, 0.05) is 0 Å². The van der Waals surface area contributed by atoms with Crippen LogP contribution in [0, 0.1) is 5.92 Å². The average Bonchev–Trinajstić information content (AvgIpc) is 2.27. The number of nitrogens with two attached hydrogens (primary N) is 1. The lowest BCUT2D eigenvalue weighted by Gasteiger charge is -2.38. The van der Waals surface area contributed by atoms with Crippen molar-refractivity contribution in [2.45, 2.75) is 57.9 Å². The first-order valence-corrected chi connectivity index (χ1v) is 6.16. The predicted octanol–water partition coefficient (Wildman–Crippen LogP) is 1.81. The highest BCUT2D eigenvalue weighted by molar-refractivity contribution is 5.84. The number of carbonyl (C=O) groups is 1. The van der Waals surface area contributed by atoms with Crippen LogP contribution in [-0.2, 0) is 4.79 Å². The van der Waals surface area contributed by atoms with Gasteiger partial charge in [0.25, 0.3) is 0 Å². The molecule has 0 bridgehead atoms. The van der Waals surface area contributed by atoms with Crippen LogP contribution in [0.15, 0.2) is 0 Å². The molecule has 0 aromatic carbocycles. The topological polar surface area (TPSA) is 55.1 Å². The summed E-state index contributed by atoms with van der Waals surface area (Å²) < 4.78 is 0. The molecule has 1 aliphatic carbocycles. The molecule has 3 nitrogen and oxygen atoms in total. The molecule has 88 valence electrons. The van der Waals surface area contributed by atoms with Crippen molar-refractivity contribution in [2.24, 2.45) is 11.7 Å². The second-order valence-corrected chi connectivity index (χ2v) is 4.83. The standard InChI is InChI=1S/C12H24N2O/c1-3-9-14-12(2,11(13)15)10-7-5-4-6-8-10/h10,14H,3-9H2,1-2H3,(H2,13,15). The van der Waals surface area contributed by atoms with Gasteiger partial charge in [0.2, 0.25) is 5.91 Å². The Morgan fingerprint density at radius 1 is 1.40 bits per heavy atom. The van der Waals surface area contributed by atoms with Crippen molar-refractivity contribution in [1.82, 2.24) is 5.32 Å². The molecule has 0 aromatic rings. The van der Waals surface area contributed by atoms with Crippen molar-refractivity contribution in [1.29, 1.82) is 0 Å². The van der Waals surface area contributed by atoms with E-state index in [2.05, 4.69) is 12.2 Å². The molecule has 0 radical (unpaired) electrons. The Hall–Kier alpha value is -0.570. The molecule has 0 aliphatic heterocycles. The lowest BCUT2D eigenvalue weighted by molar-refractivity contribution is -0.126. The second kappa shape index (κ2) is 5.50. The number of nitrogens with one attached hydrogen (secondary N) is 1. The normalized spacial score (nSPS) is 22.3. The van der Waals surface area contributed by atoms with Crippen molar-refractivity contribution >= 4 is 5.91 Å². The van der Waals surface area contributed by atoms with Gasteiger partial charge < -0.3 is 11.1 Å². The molecule has 3 N–H and O–H groups in total. The smallest absolute Gasteiger partial charge is 0.237 e. The summed E-state index contributed by atoms with van der Waals surface area (Å²) in [5.41, 5.74) is 5.05. The Morgan fingerprint density at radius 3 is 2.47 bits per heavy atom. The van der Waals surface area contributed by atoms with Crippen molar-refractivity contribution in [3.05, 3.63) is 0 Å². The molecule has 0 aromatic heterocycles. The Labute approximate surface area is 92.8 Å². The minimum absolute atomic E-state index is 0.192. The maximum Gasteiger partial charge on any atom is 0.237 e. The summed E-state index contributed by atoms with van der Waals surface area (Å²) >= 11 is 0. The summed E-state index contributed by atoms with van der Waals surface area (Å²) in [6, 6.07) is 0.